The van der Waals surface area contributed by atoms with Gasteiger partial charge in [0.15, 0.2) is 0 Å². The third-order valence-electron chi connectivity index (χ3n) is 3.72. The molecule has 0 atom stereocenters. The number of aromatic nitrogens is 1. The fourth-order valence-electron chi connectivity index (χ4n) is 2.56. The van der Waals surface area contributed by atoms with E-state index in [4.69, 9.17) is 4.98 Å². The van der Waals surface area contributed by atoms with E-state index in [0.29, 0.717) is 0 Å². The minimum atomic E-state index is 0.938. The number of pyridine rings is 1. The van der Waals surface area contributed by atoms with Gasteiger partial charge in [0.25, 0.3) is 0 Å². The first-order valence-corrected chi connectivity index (χ1v) is 7.34. The van der Waals surface area contributed by atoms with Crippen LogP contribution >= 0.6 is 0 Å². The van der Waals surface area contributed by atoms with Gasteiger partial charge in [-0.1, -0.05) is 60.2 Å². The molecule has 0 unspecified atom stereocenters. The van der Waals surface area contributed by atoms with Crippen LogP contribution in [0.3, 0.4) is 0 Å². The predicted octanol–water partition coefficient (Wildman–Crippen LogP) is 5.33. The molecule has 21 heavy (non-hydrogen) atoms. The Bertz CT molecular complexity index is 769. The molecule has 3 aromatic rings. The number of aryl methyl sites for hydroxylation is 2. The van der Waals surface area contributed by atoms with E-state index in [2.05, 4.69) is 68.1 Å². The Hall–Kier alpha value is -2.41. The SMILES string of the molecule is C=CCCc1cc2ccccc2c(-c2ccc(C)cc2)n1. The summed E-state index contributed by atoms with van der Waals surface area (Å²) in [5, 5.41) is 2.46. The highest BCUT2D eigenvalue weighted by Crippen LogP contribution is 2.28. The molecule has 0 aliphatic rings. The lowest BCUT2D eigenvalue weighted by molar-refractivity contribution is 0.953. The Kier molecular flexibility index (Phi) is 3.83. The van der Waals surface area contributed by atoms with Crippen molar-refractivity contribution in [2.45, 2.75) is 19.8 Å². The Morgan fingerprint density at radius 2 is 1.81 bits per heavy atom. The van der Waals surface area contributed by atoms with Crippen LogP contribution in [0.2, 0.25) is 0 Å². The van der Waals surface area contributed by atoms with Crippen molar-refractivity contribution in [1.82, 2.24) is 4.98 Å². The van der Waals surface area contributed by atoms with Gasteiger partial charge < -0.3 is 0 Å². The summed E-state index contributed by atoms with van der Waals surface area (Å²) in [6, 6.07) is 19.2. The number of fused-ring (bicyclic) bond motifs is 1. The van der Waals surface area contributed by atoms with E-state index in [1.807, 2.05) is 6.08 Å². The van der Waals surface area contributed by atoms with Gasteiger partial charge in [0.1, 0.15) is 0 Å². The summed E-state index contributed by atoms with van der Waals surface area (Å²) < 4.78 is 0. The van der Waals surface area contributed by atoms with Gasteiger partial charge in [-0.15, -0.1) is 6.58 Å². The summed E-state index contributed by atoms with van der Waals surface area (Å²) in [5.41, 5.74) is 4.65. The van der Waals surface area contributed by atoms with Gasteiger partial charge in [-0.2, -0.15) is 0 Å². The van der Waals surface area contributed by atoms with Crippen LogP contribution in [0.4, 0.5) is 0 Å². The molecule has 1 heteroatoms. The van der Waals surface area contributed by atoms with Gasteiger partial charge in [0.05, 0.1) is 5.69 Å². The zero-order valence-corrected chi connectivity index (χ0v) is 12.3. The standard InChI is InChI=1S/C20H19N/c1-3-4-8-18-14-17-7-5-6-9-19(17)20(21-18)16-12-10-15(2)11-13-16/h3,5-7,9-14H,1,4,8H2,2H3. The quantitative estimate of drug-likeness (QED) is 0.585. The molecule has 0 spiro atoms. The maximum atomic E-state index is 4.89. The van der Waals surface area contributed by atoms with Crippen LogP contribution in [0.1, 0.15) is 17.7 Å². The van der Waals surface area contributed by atoms with Crippen molar-refractivity contribution in [2.24, 2.45) is 0 Å². The van der Waals surface area contributed by atoms with Gasteiger partial charge in [0.2, 0.25) is 0 Å². The first kappa shape index (κ1) is 13.6. The molecule has 1 aromatic heterocycles. The average molecular weight is 273 g/mol. The van der Waals surface area contributed by atoms with Gasteiger partial charge in [-0.25, -0.2) is 0 Å². The predicted molar refractivity (Wildman–Crippen MR) is 90.4 cm³/mol. The first-order chi connectivity index (χ1) is 10.3. The van der Waals surface area contributed by atoms with Crippen molar-refractivity contribution >= 4 is 10.8 Å². The van der Waals surface area contributed by atoms with E-state index in [1.54, 1.807) is 0 Å². The molecule has 0 aliphatic heterocycles. The lowest BCUT2D eigenvalue weighted by atomic mass is 10.0. The Balaban J connectivity index is 2.18. The molecule has 104 valence electrons. The fourth-order valence-corrected chi connectivity index (χ4v) is 2.56. The number of allylic oxidation sites excluding steroid dienone is 1. The summed E-state index contributed by atoms with van der Waals surface area (Å²) in [7, 11) is 0. The summed E-state index contributed by atoms with van der Waals surface area (Å²) in [4.78, 5) is 4.89. The van der Waals surface area contributed by atoms with Crippen LogP contribution in [-0.2, 0) is 6.42 Å². The molecular formula is C20H19N. The Morgan fingerprint density at radius 1 is 1.05 bits per heavy atom. The van der Waals surface area contributed by atoms with Crippen molar-refractivity contribution in [3.05, 3.63) is 78.5 Å². The number of nitrogens with zero attached hydrogens (tertiary/aromatic N) is 1. The Morgan fingerprint density at radius 3 is 2.57 bits per heavy atom. The van der Waals surface area contributed by atoms with Crippen molar-refractivity contribution < 1.29 is 0 Å². The maximum absolute atomic E-state index is 4.89. The first-order valence-electron chi connectivity index (χ1n) is 7.34. The molecule has 3 rings (SSSR count). The molecule has 0 saturated carbocycles. The van der Waals surface area contributed by atoms with E-state index >= 15 is 0 Å². The fraction of sp³-hybridized carbons (Fsp3) is 0.150. The monoisotopic (exact) mass is 273 g/mol. The van der Waals surface area contributed by atoms with Crippen molar-refractivity contribution in [3.63, 3.8) is 0 Å². The van der Waals surface area contributed by atoms with Crippen molar-refractivity contribution in [1.29, 1.82) is 0 Å². The van der Waals surface area contributed by atoms with Crippen LogP contribution in [-0.4, -0.2) is 4.98 Å². The molecule has 0 amide bonds. The molecule has 0 saturated heterocycles. The van der Waals surface area contributed by atoms with Gasteiger partial charge >= 0.3 is 0 Å². The van der Waals surface area contributed by atoms with Crippen LogP contribution in [0.15, 0.2) is 67.3 Å². The zero-order valence-electron chi connectivity index (χ0n) is 12.3. The zero-order chi connectivity index (χ0) is 14.7. The number of hydrogen-bond donors (Lipinski definition) is 0. The molecule has 1 heterocycles. The van der Waals surface area contributed by atoms with Gasteiger partial charge in [-0.05, 0) is 31.2 Å². The number of rotatable bonds is 4. The highest BCUT2D eigenvalue weighted by atomic mass is 14.7. The molecule has 0 aliphatic carbocycles. The summed E-state index contributed by atoms with van der Waals surface area (Å²) >= 11 is 0. The highest BCUT2D eigenvalue weighted by molar-refractivity contribution is 5.94. The molecule has 1 nitrogen and oxygen atoms in total. The topological polar surface area (TPSA) is 12.9 Å². The van der Waals surface area contributed by atoms with E-state index in [9.17, 15) is 0 Å². The third kappa shape index (κ3) is 2.87. The van der Waals surface area contributed by atoms with Crippen molar-refractivity contribution in [2.75, 3.05) is 0 Å². The van der Waals surface area contributed by atoms with Crippen molar-refractivity contribution in [3.8, 4) is 11.3 Å². The largest absolute Gasteiger partial charge is 0.252 e. The van der Waals surface area contributed by atoms with Crippen LogP contribution in [0, 0.1) is 6.92 Å². The van der Waals surface area contributed by atoms with Crippen LogP contribution in [0.25, 0.3) is 22.0 Å². The summed E-state index contributed by atoms with van der Waals surface area (Å²) in [6.07, 6.45) is 3.84. The lowest BCUT2D eigenvalue weighted by Crippen LogP contribution is -1.94. The normalized spacial score (nSPS) is 10.7. The van der Waals surface area contributed by atoms with Gasteiger partial charge in [-0.3, -0.25) is 4.98 Å². The van der Waals surface area contributed by atoms with E-state index in [0.717, 1.165) is 24.2 Å². The number of hydrogen-bond acceptors (Lipinski definition) is 1. The average Bonchev–Trinajstić information content (AvgIpc) is 2.53. The third-order valence-corrected chi connectivity index (χ3v) is 3.72. The second kappa shape index (κ2) is 5.92. The van der Waals surface area contributed by atoms with E-state index < -0.39 is 0 Å². The number of benzene rings is 2. The van der Waals surface area contributed by atoms with E-state index in [-0.39, 0.29) is 0 Å². The smallest absolute Gasteiger partial charge is 0.0783 e. The van der Waals surface area contributed by atoms with E-state index in [1.165, 1.54) is 21.9 Å². The molecule has 0 fully saturated rings. The van der Waals surface area contributed by atoms with Crippen LogP contribution < -0.4 is 0 Å². The summed E-state index contributed by atoms with van der Waals surface area (Å²) in [6.45, 7) is 5.91. The van der Waals surface area contributed by atoms with Gasteiger partial charge in [0, 0.05) is 16.6 Å². The molecule has 0 radical (unpaired) electrons. The molecular weight excluding hydrogens is 254 g/mol. The lowest BCUT2D eigenvalue weighted by Gasteiger charge is -2.10. The minimum absolute atomic E-state index is 0.938. The molecule has 2 aromatic carbocycles. The second-order valence-corrected chi connectivity index (χ2v) is 5.38. The maximum Gasteiger partial charge on any atom is 0.0783 e. The Labute approximate surface area is 126 Å². The minimum Gasteiger partial charge on any atom is -0.252 e. The highest BCUT2D eigenvalue weighted by Gasteiger charge is 2.07. The summed E-state index contributed by atoms with van der Waals surface area (Å²) in [5.74, 6) is 0. The molecule has 0 bridgehead atoms. The van der Waals surface area contributed by atoms with Crippen LogP contribution in [0.5, 0.6) is 0 Å². The molecule has 0 N–H and O–H groups in total. The second-order valence-electron chi connectivity index (χ2n) is 5.38.